The minimum atomic E-state index is -0.690. The number of benzene rings is 2. The number of hydrogen-bond acceptors (Lipinski definition) is 7. The Hall–Kier alpha value is -3.17. The monoisotopic (exact) mass is 506 g/mol. The average molecular weight is 508 g/mol. The molecule has 10 heteroatoms. The summed E-state index contributed by atoms with van der Waals surface area (Å²) in [7, 11) is 1.50. The molecule has 0 saturated heterocycles. The molecule has 0 amide bonds. The smallest absolute Gasteiger partial charge is 0.363 e. The number of cyclic esters (lactones) is 1. The number of nitrogens with zero attached hydrogens (tertiary/aromatic N) is 2. The van der Waals surface area contributed by atoms with Crippen molar-refractivity contribution in [2.45, 2.75) is 6.92 Å². The summed E-state index contributed by atoms with van der Waals surface area (Å²) in [6.07, 6.45) is 1.51. The van der Waals surface area contributed by atoms with Gasteiger partial charge in [-0.15, -0.1) is 0 Å². The summed E-state index contributed by atoms with van der Waals surface area (Å²) in [5.41, 5.74) is 1.42. The predicted molar refractivity (Wildman–Crippen MR) is 120 cm³/mol. The Kier molecular flexibility index (Phi) is 6.77. The van der Waals surface area contributed by atoms with Crippen LogP contribution in [0.4, 0.5) is 5.69 Å². The number of nitro benzene ring substituents is 1. The molecule has 1 heterocycles. The van der Waals surface area contributed by atoms with Gasteiger partial charge in [-0.25, -0.2) is 9.79 Å². The minimum Gasteiger partial charge on any atom is -0.493 e. The van der Waals surface area contributed by atoms with E-state index in [-0.39, 0.29) is 27.9 Å². The number of methoxy groups -OCH3 is 1. The Balaban J connectivity index is 1.95. The Labute approximate surface area is 191 Å². The van der Waals surface area contributed by atoms with Gasteiger partial charge in [-0.05, 0) is 64.3 Å². The third-order valence-electron chi connectivity index (χ3n) is 4.03. The second kappa shape index (κ2) is 9.32. The molecule has 0 spiro atoms. The minimum absolute atomic E-state index is 0.0251. The van der Waals surface area contributed by atoms with Crippen molar-refractivity contribution in [3.8, 4) is 11.5 Å². The normalized spacial score (nSPS) is 14.3. The third-order valence-corrected chi connectivity index (χ3v) is 4.94. The van der Waals surface area contributed by atoms with Crippen LogP contribution in [0.15, 0.2) is 57.6 Å². The molecular formula is C21H16BrClN2O6. The zero-order valence-electron chi connectivity index (χ0n) is 16.5. The van der Waals surface area contributed by atoms with Crippen molar-refractivity contribution in [1.82, 2.24) is 0 Å². The molecule has 3 rings (SSSR count). The van der Waals surface area contributed by atoms with Gasteiger partial charge in [0.1, 0.15) is 11.6 Å². The summed E-state index contributed by atoms with van der Waals surface area (Å²) in [5, 5.41) is 11.1. The van der Waals surface area contributed by atoms with E-state index in [9.17, 15) is 14.9 Å². The molecule has 0 radical (unpaired) electrons. The van der Waals surface area contributed by atoms with E-state index in [1.807, 2.05) is 6.92 Å². The van der Waals surface area contributed by atoms with Gasteiger partial charge in [-0.1, -0.05) is 18.2 Å². The first-order valence-electron chi connectivity index (χ1n) is 8.81. The number of nitro groups is 1. The molecule has 2 aromatic rings. The molecule has 2 aromatic carbocycles. The second-order valence-corrected chi connectivity index (χ2v) is 7.80. The van der Waals surface area contributed by atoms with Crippen LogP contribution in [-0.2, 0) is 9.53 Å². The Morgan fingerprint density at radius 2 is 2.13 bits per heavy atom. The number of carbonyl (C=O) groups excluding carboxylic acids is 1. The summed E-state index contributed by atoms with van der Waals surface area (Å²) < 4.78 is 16.9. The van der Waals surface area contributed by atoms with Crippen molar-refractivity contribution in [2.24, 2.45) is 4.99 Å². The number of ether oxygens (including phenoxy) is 3. The fraction of sp³-hybridized carbons (Fsp3) is 0.143. The fourth-order valence-corrected chi connectivity index (χ4v) is 3.40. The molecule has 8 nitrogen and oxygen atoms in total. The molecule has 0 N–H and O–H groups in total. The van der Waals surface area contributed by atoms with Gasteiger partial charge in [0.25, 0.3) is 5.69 Å². The van der Waals surface area contributed by atoms with Crippen molar-refractivity contribution in [3.05, 3.63) is 78.9 Å². The summed E-state index contributed by atoms with van der Waals surface area (Å²) in [5.74, 6) is 0.208. The second-order valence-electron chi connectivity index (χ2n) is 6.54. The maximum Gasteiger partial charge on any atom is 0.363 e. The van der Waals surface area contributed by atoms with Crippen LogP contribution in [0, 0.1) is 10.1 Å². The zero-order chi connectivity index (χ0) is 22.7. The average Bonchev–Trinajstić information content (AvgIpc) is 3.07. The number of carbonyl (C=O) groups is 1. The maximum absolute atomic E-state index is 12.3. The molecule has 0 fully saturated rings. The van der Waals surface area contributed by atoms with E-state index < -0.39 is 10.9 Å². The van der Waals surface area contributed by atoms with Gasteiger partial charge < -0.3 is 14.2 Å². The molecular weight excluding hydrogens is 492 g/mol. The molecule has 0 aliphatic carbocycles. The van der Waals surface area contributed by atoms with Gasteiger partial charge in [0.15, 0.2) is 17.2 Å². The highest BCUT2D eigenvalue weighted by Gasteiger charge is 2.26. The first kappa shape index (κ1) is 22.5. The number of halogens is 2. The van der Waals surface area contributed by atoms with Crippen molar-refractivity contribution in [3.63, 3.8) is 0 Å². The van der Waals surface area contributed by atoms with E-state index in [4.69, 9.17) is 25.8 Å². The molecule has 1 aliphatic heterocycles. The highest BCUT2D eigenvalue weighted by Crippen LogP contribution is 2.38. The molecule has 0 unspecified atom stereocenters. The van der Waals surface area contributed by atoms with Crippen molar-refractivity contribution in [2.75, 3.05) is 13.7 Å². The highest BCUT2D eigenvalue weighted by molar-refractivity contribution is 9.10. The number of rotatable bonds is 7. The lowest BCUT2D eigenvalue weighted by atomic mass is 10.1. The van der Waals surface area contributed by atoms with Crippen LogP contribution in [0.2, 0.25) is 5.02 Å². The van der Waals surface area contributed by atoms with E-state index in [1.54, 1.807) is 12.1 Å². The molecule has 0 bridgehead atoms. The lowest BCUT2D eigenvalue weighted by Gasteiger charge is -2.13. The Morgan fingerprint density at radius 3 is 2.77 bits per heavy atom. The first-order chi connectivity index (χ1) is 14.7. The van der Waals surface area contributed by atoms with Crippen LogP contribution in [0.3, 0.4) is 0 Å². The molecule has 0 atom stereocenters. The Bertz CT molecular complexity index is 1160. The van der Waals surface area contributed by atoms with E-state index in [0.29, 0.717) is 28.1 Å². The standard InChI is InChI=1S/C21H16BrClN2O6/c1-11(2)10-30-19-14(22)6-12(8-18(19)29-3)7-16-21(26)31-20(24-16)13-4-5-15(23)17(9-13)25(27)28/h4-9H,1,10H2,2-3H3/b16-7+. The SMILES string of the molecule is C=C(C)COc1c(Br)cc(/C=C2/N=C(c3ccc(Cl)c([N+](=O)[O-])c3)OC2=O)cc1OC. The quantitative estimate of drug-likeness (QED) is 0.165. The van der Waals surface area contributed by atoms with Gasteiger partial charge >= 0.3 is 5.97 Å². The van der Waals surface area contributed by atoms with Crippen LogP contribution in [0.5, 0.6) is 11.5 Å². The molecule has 31 heavy (non-hydrogen) atoms. The maximum atomic E-state index is 12.3. The molecule has 0 saturated carbocycles. The van der Waals surface area contributed by atoms with Gasteiger partial charge in [-0.3, -0.25) is 10.1 Å². The van der Waals surface area contributed by atoms with E-state index in [1.165, 1.54) is 31.4 Å². The lowest BCUT2D eigenvalue weighted by Crippen LogP contribution is -2.06. The van der Waals surface area contributed by atoms with Gasteiger partial charge in [0, 0.05) is 11.6 Å². The summed E-state index contributed by atoms with van der Waals surface area (Å²) in [6.45, 7) is 5.97. The molecule has 0 aromatic heterocycles. The largest absolute Gasteiger partial charge is 0.493 e. The number of hydrogen-bond donors (Lipinski definition) is 0. The summed E-state index contributed by atoms with van der Waals surface area (Å²) in [6, 6.07) is 7.44. The van der Waals surface area contributed by atoms with Crippen LogP contribution in [0.25, 0.3) is 6.08 Å². The zero-order valence-corrected chi connectivity index (χ0v) is 18.8. The fourth-order valence-electron chi connectivity index (χ4n) is 2.63. The summed E-state index contributed by atoms with van der Waals surface area (Å²) in [4.78, 5) is 26.9. The molecule has 160 valence electrons. The van der Waals surface area contributed by atoms with Crippen LogP contribution in [0.1, 0.15) is 18.1 Å². The molecule has 1 aliphatic rings. The van der Waals surface area contributed by atoms with Gasteiger partial charge in [0.05, 0.1) is 16.5 Å². The Morgan fingerprint density at radius 1 is 1.39 bits per heavy atom. The van der Waals surface area contributed by atoms with Crippen molar-refractivity contribution >= 4 is 51.2 Å². The van der Waals surface area contributed by atoms with Crippen LogP contribution in [-0.4, -0.2) is 30.5 Å². The number of aliphatic imine (C=N–C) groups is 1. The first-order valence-corrected chi connectivity index (χ1v) is 9.98. The predicted octanol–water partition coefficient (Wildman–Crippen LogP) is 5.32. The van der Waals surface area contributed by atoms with Crippen LogP contribution < -0.4 is 9.47 Å². The lowest BCUT2D eigenvalue weighted by molar-refractivity contribution is -0.384. The third kappa shape index (κ3) is 5.12. The summed E-state index contributed by atoms with van der Waals surface area (Å²) >= 11 is 9.26. The van der Waals surface area contributed by atoms with Crippen molar-refractivity contribution < 1.29 is 23.9 Å². The topological polar surface area (TPSA) is 100 Å². The van der Waals surface area contributed by atoms with E-state index >= 15 is 0 Å². The van der Waals surface area contributed by atoms with E-state index in [2.05, 4.69) is 27.5 Å². The van der Waals surface area contributed by atoms with Gasteiger partial charge in [0.2, 0.25) is 5.90 Å². The van der Waals surface area contributed by atoms with Crippen molar-refractivity contribution in [1.29, 1.82) is 0 Å². The van der Waals surface area contributed by atoms with Crippen LogP contribution >= 0.6 is 27.5 Å². The van der Waals surface area contributed by atoms with Gasteiger partial charge in [-0.2, -0.15) is 0 Å². The number of esters is 1. The highest BCUT2D eigenvalue weighted by atomic mass is 79.9. The van der Waals surface area contributed by atoms with E-state index in [0.717, 1.165) is 5.57 Å².